The van der Waals surface area contributed by atoms with Crippen molar-refractivity contribution in [2.45, 2.75) is 20.3 Å². The van der Waals surface area contributed by atoms with Crippen LogP contribution in [-0.4, -0.2) is 10.9 Å². The first-order valence-corrected chi connectivity index (χ1v) is 8.28. The van der Waals surface area contributed by atoms with E-state index in [1.54, 1.807) is 19.2 Å². The average molecular weight is 347 g/mol. The first kappa shape index (κ1) is 15.8. The minimum Gasteiger partial charge on any atom is -0.466 e. The summed E-state index contributed by atoms with van der Waals surface area (Å²) in [7, 11) is 0. The van der Waals surface area contributed by atoms with E-state index in [0.29, 0.717) is 16.5 Å². The maximum absolute atomic E-state index is 12.2. The second-order valence-electron chi connectivity index (χ2n) is 5.22. The van der Waals surface area contributed by atoms with Crippen LogP contribution in [0.3, 0.4) is 0 Å². The number of amides is 1. The van der Waals surface area contributed by atoms with E-state index in [9.17, 15) is 4.79 Å². The largest absolute Gasteiger partial charge is 0.466 e. The number of hydrogen-bond acceptors (Lipinski definition) is 4. The topological polar surface area (TPSA) is 55.1 Å². The predicted molar refractivity (Wildman–Crippen MR) is 92.5 cm³/mol. The number of benzene rings is 1. The predicted octanol–water partition coefficient (Wildman–Crippen LogP) is 4.85. The molecule has 0 atom stereocenters. The number of nitrogens with one attached hydrogen (secondary N) is 1. The van der Waals surface area contributed by atoms with Gasteiger partial charge in [0.2, 0.25) is 0 Å². The number of furan rings is 1. The second kappa shape index (κ2) is 6.56. The van der Waals surface area contributed by atoms with Gasteiger partial charge in [-0.2, -0.15) is 0 Å². The molecule has 0 radical (unpaired) electrons. The standard InChI is InChI=1S/C17H15ClN2O2S/c1-10-7-15(11(2)22-10)16(21)20-17-19-9-14(23-17)8-12-3-5-13(18)6-4-12/h3-7,9H,8H2,1-2H3,(H,19,20,21). The van der Waals surface area contributed by atoms with Crippen LogP contribution in [-0.2, 0) is 6.42 Å². The van der Waals surface area contributed by atoms with E-state index in [0.717, 1.165) is 27.6 Å². The highest BCUT2D eigenvalue weighted by molar-refractivity contribution is 7.15. The maximum Gasteiger partial charge on any atom is 0.260 e. The first-order valence-electron chi connectivity index (χ1n) is 7.09. The Morgan fingerprint density at radius 1 is 1.30 bits per heavy atom. The fourth-order valence-corrected chi connectivity index (χ4v) is 3.24. The van der Waals surface area contributed by atoms with Crippen LogP contribution < -0.4 is 5.32 Å². The molecule has 3 rings (SSSR count). The van der Waals surface area contributed by atoms with Crippen molar-refractivity contribution in [3.8, 4) is 0 Å². The Hall–Kier alpha value is -2.11. The van der Waals surface area contributed by atoms with E-state index in [2.05, 4.69) is 10.3 Å². The molecule has 1 N–H and O–H groups in total. The smallest absolute Gasteiger partial charge is 0.260 e. The number of aromatic nitrogens is 1. The number of thiazole rings is 1. The lowest BCUT2D eigenvalue weighted by Crippen LogP contribution is -2.11. The van der Waals surface area contributed by atoms with E-state index >= 15 is 0 Å². The quantitative estimate of drug-likeness (QED) is 0.734. The molecule has 0 bridgehead atoms. The molecule has 0 unspecified atom stereocenters. The number of carbonyl (C=O) groups excluding carboxylic acids is 1. The third-order valence-corrected chi connectivity index (χ3v) is 4.52. The summed E-state index contributed by atoms with van der Waals surface area (Å²) in [5, 5.41) is 4.12. The number of rotatable bonds is 4. The highest BCUT2D eigenvalue weighted by Crippen LogP contribution is 2.23. The molecule has 0 spiro atoms. The molecular formula is C17H15ClN2O2S. The molecule has 0 aliphatic rings. The van der Waals surface area contributed by atoms with Crippen molar-refractivity contribution in [1.29, 1.82) is 0 Å². The molecule has 0 aliphatic carbocycles. The highest BCUT2D eigenvalue weighted by atomic mass is 35.5. The van der Waals surface area contributed by atoms with Gasteiger partial charge >= 0.3 is 0 Å². The van der Waals surface area contributed by atoms with Crippen LogP contribution >= 0.6 is 22.9 Å². The molecule has 0 saturated carbocycles. The van der Waals surface area contributed by atoms with Crippen molar-refractivity contribution in [2.75, 3.05) is 5.32 Å². The molecule has 2 heterocycles. The summed E-state index contributed by atoms with van der Waals surface area (Å²) in [6.07, 6.45) is 2.54. The Bertz CT molecular complexity index is 837. The van der Waals surface area contributed by atoms with Crippen molar-refractivity contribution in [1.82, 2.24) is 4.98 Å². The van der Waals surface area contributed by atoms with Crippen molar-refractivity contribution in [3.63, 3.8) is 0 Å². The Labute approximate surface area is 143 Å². The lowest BCUT2D eigenvalue weighted by atomic mass is 10.1. The number of aryl methyl sites for hydroxylation is 2. The lowest BCUT2D eigenvalue weighted by Gasteiger charge is -2.00. The van der Waals surface area contributed by atoms with Gasteiger partial charge in [0.05, 0.1) is 5.56 Å². The van der Waals surface area contributed by atoms with Gasteiger partial charge in [0.25, 0.3) is 5.91 Å². The van der Waals surface area contributed by atoms with Gasteiger partial charge in [-0.3, -0.25) is 10.1 Å². The summed E-state index contributed by atoms with van der Waals surface area (Å²) in [5.74, 6) is 1.12. The first-order chi connectivity index (χ1) is 11.0. The molecule has 0 fully saturated rings. The van der Waals surface area contributed by atoms with Gasteiger partial charge in [0.1, 0.15) is 11.5 Å². The molecule has 6 heteroatoms. The number of anilines is 1. The Morgan fingerprint density at radius 3 is 2.70 bits per heavy atom. The van der Waals surface area contributed by atoms with Gasteiger partial charge in [0, 0.05) is 22.5 Å². The summed E-state index contributed by atoms with van der Waals surface area (Å²) in [5.41, 5.74) is 1.69. The third kappa shape index (κ3) is 3.81. The average Bonchev–Trinajstić information content (AvgIpc) is 3.07. The van der Waals surface area contributed by atoms with Crippen molar-refractivity contribution < 1.29 is 9.21 Å². The molecular weight excluding hydrogens is 332 g/mol. The zero-order chi connectivity index (χ0) is 16.4. The number of halogens is 1. The number of carbonyl (C=O) groups is 1. The molecule has 4 nitrogen and oxygen atoms in total. The number of nitrogens with zero attached hydrogens (tertiary/aromatic N) is 1. The zero-order valence-corrected chi connectivity index (χ0v) is 14.3. The monoisotopic (exact) mass is 346 g/mol. The Balaban J connectivity index is 1.68. The van der Waals surface area contributed by atoms with Crippen LogP contribution in [0.15, 0.2) is 40.9 Å². The van der Waals surface area contributed by atoms with Gasteiger partial charge in [-0.1, -0.05) is 23.7 Å². The molecule has 0 aliphatic heterocycles. The minimum atomic E-state index is -0.202. The SMILES string of the molecule is Cc1cc(C(=O)Nc2ncc(Cc3ccc(Cl)cc3)s2)c(C)o1. The molecule has 23 heavy (non-hydrogen) atoms. The second-order valence-corrected chi connectivity index (χ2v) is 6.77. The Kier molecular flexibility index (Phi) is 4.50. The maximum atomic E-state index is 12.2. The fourth-order valence-electron chi connectivity index (χ4n) is 2.27. The van der Waals surface area contributed by atoms with Crippen molar-refractivity contribution in [3.05, 3.63) is 69.1 Å². The van der Waals surface area contributed by atoms with Gasteiger partial charge in [-0.05, 0) is 37.6 Å². The van der Waals surface area contributed by atoms with Crippen LogP contribution in [0, 0.1) is 13.8 Å². The van der Waals surface area contributed by atoms with Gasteiger partial charge < -0.3 is 4.42 Å². The highest BCUT2D eigenvalue weighted by Gasteiger charge is 2.15. The summed E-state index contributed by atoms with van der Waals surface area (Å²) < 4.78 is 5.38. The van der Waals surface area contributed by atoms with E-state index < -0.39 is 0 Å². The number of hydrogen-bond donors (Lipinski definition) is 1. The normalized spacial score (nSPS) is 10.7. The van der Waals surface area contributed by atoms with Gasteiger partial charge in [-0.25, -0.2) is 4.98 Å². The van der Waals surface area contributed by atoms with E-state index in [1.165, 1.54) is 11.3 Å². The molecule has 1 aromatic carbocycles. The zero-order valence-electron chi connectivity index (χ0n) is 12.7. The summed E-state index contributed by atoms with van der Waals surface area (Å²) in [4.78, 5) is 17.6. The van der Waals surface area contributed by atoms with E-state index in [-0.39, 0.29) is 5.91 Å². The molecule has 118 valence electrons. The molecule has 2 aromatic heterocycles. The molecule has 0 saturated heterocycles. The van der Waals surface area contributed by atoms with E-state index in [4.69, 9.17) is 16.0 Å². The van der Waals surface area contributed by atoms with Gasteiger partial charge in [0.15, 0.2) is 5.13 Å². The van der Waals surface area contributed by atoms with Crippen molar-refractivity contribution in [2.24, 2.45) is 0 Å². The lowest BCUT2D eigenvalue weighted by molar-refractivity contribution is 0.102. The van der Waals surface area contributed by atoms with E-state index in [1.807, 2.05) is 31.2 Å². The summed E-state index contributed by atoms with van der Waals surface area (Å²) in [6, 6.07) is 9.43. The van der Waals surface area contributed by atoms with Crippen LogP contribution in [0.25, 0.3) is 0 Å². The van der Waals surface area contributed by atoms with Crippen LogP contribution in [0.1, 0.15) is 32.3 Å². The third-order valence-electron chi connectivity index (χ3n) is 3.35. The Morgan fingerprint density at radius 2 is 2.04 bits per heavy atom. The minimum absolute atomic E-state index is 0.202. The summed E-state index contributed by atoms with van der Waals surface area (Å²) >= 11 is 7.34. The summed E-state index contributed by atoms with van der Waals surface area (Å²) in [6.45, 7) is 3.59. The van der Waals surface area contributed by atoms with Crippen LogP contribution in [0.4, 0.5) is 5.13 Å². The fraction of sp³-hybridized carbons (Fsp3) is 0.176. The van der Waals surface area contributed by atoms with Crippen LogP contribution in [0.5, 0.6) is 0 Å². The van der Waals surface area contributed by atoms with Crippen molar-refractivity contribution >= 4 is 34.0 Å². The van der Waals surface area contributed by atoms with Crippen LogP contribution in [0.2, 0.25) is 5.02 Å². The molecule has 3 aromatic rings. The molecule has 1 amide bonds. The van der Waals surface area contributed by atoms with Gasteiger partial charge in [-0.15, -0.1) is 11.3 Å².